The van der Waals surface area contributed by atoms with Crippen LogP contribution in [0.2, 0.25) is 0 Å². The van der Waals surface area contributed by atoms with Gasteiger partial charge in [0.1, 0.15) is 5.52 Å². The fraction of sp³-hybridized carbons (Fsp3) is 0.550. The van der Waals surface area contributed by atoms with E-state index in [0.29, 0.717) is 5.92 Å². The SMILES string of the molecule is CCCCC=CC(C)c1cccc2nc(CCCCC)oc12. The Morgan fingerprint density at radius 1 is 1.14 bits per heavy atom. The van der Waals surface area contributed by atoms with Crippen LogP contribution in [0, 0.1) is 0 Å². The topological polar surface area (TPSA) is 26.0 Å². The van der Waals surface area contributed by atoms with Gasteiger partial charge in [0.2, 0.25) is 0 Å². The first-order chi connectivity index (χ1) is 10.8. The Morgan fingerprint density at radius 3 is 2.73 bits per heavy atom. The number of hydrogen-bond acceptors (Lipinski definition) is 2. The van der Waals surface area contributed by atoms with Crippen molar-refractivity contribution in [3.05, 3.63) is 41.8 Å². The van der Waals surface area contributed by atoms with Gasteiger partial charge in [0.25, 0.3) is 0 Å². The minimum Gasteiger partial charge on any atom is -0.440 e. The predicted octanol–water partition coefficient (Wildman–Crippen LogP) is 6.41. The van der Waals surface area contributed by atoms with Crippen molar-refractivity contribution in [3.8, 4) is 0 Å². The third-order valence-corrected chi connectivity index (χ3v) is 4.12. The quantitative estimate of drug-likeness (QED) is 0.395. The molecule has 0 amide bonds. The first kappa shape index (κ1) is 16.8. The Labute approximate surface area is 134 Å². The summed E-state index contributed by atoms with van der Waals surface area (Å²) < 4.78 is 6.05. The van der Waals surface area contributed by atoms with E-state index in [2.05, 4.69) is 56.1 Å². The van der Waals surface area contributed by atoms with Crippen molar-refractivity contribution in [1.82, 2.24) is 4.98 Å². The van der Waals surface area contributed by atoms with Gasteiger partial charge in [-0.05, 0) is 18.9 Å². The van der Waals surface area contributed by atoms with Crippen LogP contribution in [-0.2, 0) is 6.42 Å². The second kappa shape index (κ2) is 8.77. The molecule has 1 atom stereocenters. The van der Waals surface area contributed by atoms with Gasteiger partial charge in [-0.1, -0.05) is 70.7 Å². The molecule has 0 N–H and O–H groups in total. The monoisotopic (exact) mass is 299 g/mol. The van der Waals surface area contributed by atoms with Crippen LogP contribution in [0.25, 0.3) is 11.1 Å². The molecule has 2 aromatic rings. The second-order valence-corrected chi connectivity index (χ2v) is 6.12. The van der Waals surface area contributed by atoms with Crippen LogP contribution in [0.15, 0.2) is 34.8 Å². The maximum absolute atomic E-state index is 6.05. The summed E-state index contributed by atoms with van der Waals surface area (Å²) >= 11 is 0. The molecule has 1 aromatic carbocycles. The molecule has 1 aromatic heterocycles. The van der Waals surface area contributed by atoms with Gasteiger partial charge in [-0.25, -0.2) is 4.98 Å². The summed E-state index contributed by atoms with van der Waals surface area (Å²) in [6.45, 7) is 6.68. The summed E-state index contributed by atoms with van der Waals surface area (Å²) in [5, 5.41) is 0. The van der Waals surface area contributed by atoms with Gasteiger partial charge in [-0.3, -0.25) is 0 Å². The number of hydrogen-bond donors (Lipinski definition) is 0. The number of allylic oxidation sites excluding steroid dienone is 2. The minimum atomic E-state index is 0.372. The summed E-state index contributed by atoms with van der Waals surface area (Å²) in [5.41, 5.74) is 3.22. The molecular formula is C20H29NO. The van der Waals surface area contributed by atoms with E-state index in [1.807, 2.05) is 0 Å². The Kier molecular flexibility index (Phi) is 6.70. The van der Waals surface area contributed by atoms with Crippen LogP contribution in [0.5, 0.6) is 0 Å². The zero-order valence-electron chi connectivity index (χ0n) is 14.3. The molecule has 2 nitrogen and oxygen atoms in total. The van der Waals surface area contributed by atoms with Gasteiger partial charge in [0.15, 0.2) is 11.5 Å². The molecular weight excluding hydrogens is 270 g/mol. The highest BCUT2D eigenvalue weighted by atomic mass is 16.3. The van der Waals surface area contributed by atoms with Crippen LogP contribution >= 0.6 is 0 Å². The fourth-order valence-corrected chi connectivity index (χ4v) is 2.73. The molecule has 1 heterocycles. The standard InChI is InChI=1S/C20H29NO/c1-4-6-8-10-12-16(3)17-13-11-14-18-20(17)22-19(21-18)15-9-7-5-2/h10-14,16H,4-9,15H2,1-3H3. The van der Waals surface area contributed by atoms with Crippen LogP contribution in [-0.4, -0.2) is 4.98 Å². The van der Waals surface area contributed by atoms with E-state index < -0.39 is 0 Å². The summed E-state index contributed by atoms with van der Waals surface area (Å²) in [7, 11) is 0. The second-order valence-electron chi connectivity index (χ2n) is 6.12. The number of aryl methyl sites for hydroxylation is 1. The Morgan fingerprint density at radius 2 is 1.95 bits per heavy atom. The number of rotatable bonds is 9. The predicted molar refractivity (Wildman–Crippen MR) is 94.3 cm³/mol. The largest absolute Gasteiger partial charge is 0.440 e. The van der Waals surface area contributed by atoms with Crippen molar-refractivity contribution in [2.45, 2.75) is 71.6 Å². The molecule has 0 radical (unpaired) electrons. The first-order valence-corrected chi connectivity index (χ1v) is 8.81. The number of fused-ring (bicyclic) bond motifs is 1. The lowest BCUT2D eigenvalue weighted by Gasteiger charge is -2.06. The number of benzene rings is 1. The normalized spacial score (nSPS) is 13.2. The molecule has 1 unspecified atom stereocenters. The molecule has 0 spiro atoms. The smallest absolute Gasteiger partial charge is 0.195 e. The van der Waals surface area contributed by atoms with Crippen molar-refractivity contribution in [1.29, 1.82) is 0 Å². The minimum absolute atomic E-state index is 0.372. The molecule has 0 aliphatic carbocycles. The van der Waals surface area contributed by atoms with Crippen LogP contribution in [0.1, 0.15) is 76.7 Å². The van der Waals surface area contributed by atoms with E-state index >= 15 is 0 Å². The van der Waals surface area contributed by atoms with Crippen molar-refractivity contribution in [2.75, 3.05) is 0 Å². The molecule has 0 saturated carbocycles. The number of unbranched alkanes of at least 4 members (excludes halogenated alkanes) is 4. The summed E-state index contributed by atoms with van der Waals surface area (Å²) in [6, 6.07) is 6.31. The maximum atomic E-state index is 6.05. The molecule has 0 aliphatic rings. The zero-order chi connectivity index (χ0) is 15.8. The van der Waals surface area contributed by atoms with E-state index in [9.17, 15) is 0 Å². The zero-order valence-corrected chi connectivity index (χ0v) is 14.3. The number of nitrogens with zero attached hydrogens (tertiary/aromatic N) is 1. The van der Waals surface area contributed by atoms with E-state index in [-0.39, 0.29) is 0 Å². The molecule has 120 valence electrons. The van der Waals surface area contributed by atoms with Crippen LogP contribution < -0.4 is 0 Å². The van der Waals surface area contributed by atoms with Gasteiger partial charge in [0.05, 0.1) is 0 Å². The average Bonchev–Trinajstić information content (AvgIpc) is 2.94. The lowest BCUT2D eigenvalue weighted by atomic mass is 9.99. The van der Waals surface area contributed by atoms with Crippen molar-refractivity contribution in [2.24, 2.45) is 0 Å². The molecule has 0 bridgehead atoms. The Hall–Kier alpha value is -1.57. The highest BCUT2D eigenvalue weighted by Gasteiger charge is 2.12. The maximum Gasteiger partial charge on any atom is 0.195 e. The van der Waals surface area contributed by atoms with Crippen LogP contribution in [0.3, 0.4) is 0 Å². The highest BCUT2D eigenvalue weighted by molar-refractivity contribution is 5.77. The van der Waals surface area contributed by atoms with E-state index in [1.165, 1.54) is 31.2 Å². The van der Waals surface area contributed by atoms with Gasteiger partial charge in [-0.2, -0.15) is 0 Å². The van der Waals surface area contributed by atoms with Gasteiger partial charge < -0.3 is 4.42 Å². The highest BCUT2D eigenvalue weighted by Crippen LogP contribution is 2.28. The molecule has 2 heteroatoms. The summed E-state index contributed by atoms with van der Waals surface area (Å²) in [4.78, 5) is 4.65. The number of oxazole rings is 1. The number of para-hydroxylation sites is 1. The van der Waals surface area contributed by atoms with E-state index in [0.717, 1.165) is 36.3 Å². The van der Waals surface area contributed by atoms with Gasteiger partial charge >= 0.3 is 0 Å². The fourth-order valence-electron chi connectivity index (χ4n) is 2.73. The molecule has 0 fully saturated rings. The Bertz CT molecular complexity index is 597. The third-order valence-electron chi connectivity index (χ3n) is 4.12. The van der Waals surface area contributed by atoms with Crippen molar-refractivity contribution < 1.29 is 4.42 Å². The van der Waals surface area contributed by atoms with E-state index in [1.54, 1.807) is 0 Å². The molecule has 2 rings (SSSR count). The van der Waals surface area contributed by atoms with Crippen molar-refractivity contribution >= 4 is 11.1 Å². The summed E-state index contributed by atoms with van der Waals surface area (Å²) in [5.74, 6) is 1.26. The summed E-state index contributed by atoms with van der Waals surface area (Å²) in [6.07, 6.45) is 12.8. The molecule has 22 heavy (non-hydrogen) atoms. The molecule has 0 saturated heterocycles. The van der Waals surface area contributed by atoms with Crippen LogP contribution in [0.4, 0.5) is 0 Å². The van der Waals surface area contributed by atoms with Crippen molar-refractivity contribution in [3.63, 3.8) is 0 Å². The lowest BCUT2D eigenvalue weighted by Crippen LogP contribution is -1.89. The van der Waals surface area contributed by atoms with Gasteiger partial charge in [-0.15, -0.1) is 0 Å². The first-order valence-electron chi connectivity index (χ1n) is 8.81. The Balaban J connectivity index is 2.13. The van der Waals surface area contributed by atoms with E-state index in [4.69, 9.17) is 4.42 Å². The van der Waals surface area contributed by atoms with Gasteiger partial charge in [0, 0.05) is 17.9 Å². The average molecular weight is 299 g/mol. The molecule has 0 aliphatic heterocycles. The lowest BCUT2D eigenvalue weighted by molar-refractivity contribution is 0.510. The number of aromatic nitrogens is 1. The third kappa shape index (κ3) is 4.46.